The van der Waals surface area contributed by atoms with Crippen molar-refractivity contribution in [1.29, 1.82) is 0 Å². The first-order chi connectivity index (χ1) is 7.24. The quantitative estimate of drug-likeness (QED) is 0.586. The average Bonchev–Trinajstić information content (AvgIpc) is 2.70. The normalized spacial score (nSPS) is 35.7. The Morgan fingerprint density at radius 2 is 2.40 bits per heavy atom. The van der Waals surface area contributed by atoms with Crippen molar-refractivity contribution in [2.45, 2.75) is 31.3 Å². The summed E-state index contributed by atoms with van der Waals surface area (Å²) in [5.41, 5.74) is 1.44. The van der Waals surface area contributed by atoms with Crippen molar-refractivity contribution in [3.63, 3.8) is 0 Å². The summed E-state index contributed by atoms with van der Waals surface area (Å²) in [5.74, 6) is 0. The molecule has 5 heteroatoms. The van der Waals surface area contributed by atoms with E-state index in [9.17, 15) is 0 Å². The van der Waals surface area contributed by atoms with Crippen molar-refractivity contribution in [2.24, 2.45) is 0 Å². The van der Waals surface area contributed by atoms with Gasteiger partial charge in [-0.2, -0.15) is 4.83 Å². The third kappa shape index (κ3) is 1.83. The fourth-order valence-electron chi connectivity index (χ4n) is 2.59. The molecule has 2 bridgehead atoms. The fraction of sp³-hybridized carbons (Fsp3) is 0.600. The van der Waals surface area contributed by atoms with Gasteiger partial charge < -0.3 is 0 Å². The average molecular weight is 335 g/mol. The molecule has 82 valence electrons. The van der Waals surface area contributed by atoms with Crippen LogP contribution in [0, 0.1) is 0 Å². The predicted molar refractivity (Wildman–Crippen MR) is 71.9 cm³/mol. The maximum atomic E-state index is 3.32. The zero-order chi connectivity index (χ0) is 10.4. The van der Waals surface area contributed by atoms with Gasteiger partial charge in [-0.15, -0.1) is 0 Å². The van der Waals surface area contributed by atoms with Gasteiger partial charge in [-0.25, -0.2) is 0 Å². The molecule has 0 amide bonds. The Morgan fingerprint density at radius 1 is 1.53 bits per heavy atom. The molecule has 0 saturated carbocycles. The second kappa shape index (κ2) is 3.94. The minimum Gasteiger partial charge on any atom is -0.297 e. The summed E-state index contributed by atoms with van der Waals surface area (Å²) in [7, 11) is 2.25. The number of hydrazine groups is 1. The van der Waals surface area contributed by atoms with Gasteiger partial charge in [0.25, 0.3) is 0 Å². The van der Waals surface area contributed by atoms with Crippen LogP contribution in [0.2, 0.25) is 0 Å². The molecule has 15 heavy (non-hydrogen) atoms. The molecule has 3 rings (SSSR count). The molecule has 1 N–H and O–H groups in total. The van der Waals surface area contributed by atoms with E-state index < -0.39 is 0 Å². The molecule has 0 aromatic rings. The number of nitrogens with zero attached hydrogens (tertiary/aromatic N) is 2. The summed E-state index contributed by atoms with van der Waals surface area (Å²) in [6.07, 6.45) is 8.46. The smallest absolute Gasteiger partial charge is 0.0806 e. The lowest BCUT2D eigenvalue weighted by atomic mass is 10.1. The molecular formula is C10H14IN3S. The summed E-state index contributed by atoms with van der Waals surface area (Å²) in [6, 6.07) is 1.42. The molecule has 0 radical (unpaired) electrons. The standard InChI is InChI=1S/C10H14IN3S/c1-13-7-2-3-8(13)5-9(4-7)14-6-10(11)15-12-14/h4,6-8,12H,2-3,5H2,1H3. The number of likely N-dealkylation sites (N-methyl/N-ethyl adjacent to an activating group) is 1. The van der Waals surface area contributed by atoms with E-state index in [1.165, 1.54) is 27.9 Å². The minimum atomic E-state index is 0.664. The van der Waals surface area contributed by atoms with Gasteiger partial charge in [0.2, 0.25) is 0 Å². The second-order valence-electron chi connectivity index (χ2n) is 4.32. The first-order valence-corrected chi connectivity index (χ1v) is 7.15. The molecule has 1 saturated heterocycles. The van der Waals surface area contributed by atoms with E-state index >= 15 is 0 Å². The summed E-state index contributed by atoms with van der Waals surface area (Å²) in [6.45, 7) is 0. The molecule has 3 aliphatic rings. The van der Waals surface area contributed by atoms with Gasteiger partial charge in [0.15, 0.2) is 0 Å². The maximum absolute atomic E-state index is 3.32. The van der Waals surface area contributed by atoms with Gasteiger partial charge in [-0.1, -0.05) is 0 Å². The number of hydrogen-bond donors (Lipinski definition) is 1. The Hall–Kier alpha value is 0.280. The summed E-state index contributed by atoms with van der Waals surface area (Å²) >= 11 is 4.05. The van der Waals surface area contributed by atoms with Crippen LogP contribution in [0.15, 0.2) is 20.9 Å². The van der Waals surface area contributed by atoms with E-state index in [1.807, 2.05) is 0 Å². The molecular weight excluding hydrogens is 321 g/mol. The number of hydrogen-bond acceptors (Lipinski definition) is 4. The molecule has 3 heterocycles. The highest BCUT2D eigenvalue weighted by Crippen LogP contribution is 2.37. The third-order valence-corrected chi connectivity index (χ3v) is 5.03. The van der Waals surface area contributed by atoms with Crippen LogP contribution in [0.25, 0.3) is 0 Å². The van der Waals surface area contributed by atoms with Crippen molar-refractivity contribution >= 4 is 34.5 Å². The van der Waals surface area contributed by atoms with Gasteiger partial charge in [-0.05, 0) is 60.5 Å². The zero-order valence-electron chi connectivity index (χ0n) is 8.61. The zero-order valence-corrected chi connectivity index (χ0v) is 11.6. The third-order valence-electron chi connectivity index (χ3n) is 3.51. The lowest BCUT2D eigenvalue weighted by molar-refractivity contribution is 0.232. The SMILES string of the molecule is CN1C2C=C(N3C=C(I)SN3)CC1CC2. The predicted octanol–water partition coefficient (Wildman–Crippen LogP) is 2.44. The molecule has 0 aromatic heterocycles. The molecule has 0 spiro atoms. The Kier molecular flexibility index (Phi) is 2.74. The van der Waals surface area contributed by atoms with Crippen LogP contribution in [-0.2, 0) is 0 Å². The van der Waals surface area contributed by atoms with Gasteiger partial charge in [0, 0.05) is 30.4 Å². The van der Waals surface area contributed by atoms with Crippen LogP contribution in [0.3, 0.4) is 0 Å². The van der Waals surface area contributed by atoms with Crippen LogP contribution in [-0.4, -0.2) is 29.0 Å². The summed E-state index contributed by atoms with van der Waals surface area (Å²) in [5, 5.41) is 2.19. The van der Waals surface area contributed by atoms with Crippen LogP contribution in [0.4, 0.5) is 0 Å². The van der Waals surface area contributed by atoms with E-state index in [1.54, 1.807) is 11.9 Å². The molecule has 0 aromatic carbocycles. The van der Waals surface area contributed by atoms with E-state index in [0.29, 0.717) is 6.04 Å². The first-order valence-electron chi connectivity index (χ1n) is 5.26. The Morgan fingerprint density at radius 3 is 3.07 bits per heavy atom. The van der Waals surface area contributed by atoms with Crippen LogP contribution < -0.4 is 4.83 Å². The highest BCUT2D eigenvalue weighted by atomic mass is 127. The molecule has 2 unspecified atom stereocenters. The Balaban J connectivity index is 1.81. The summed E-state index contributed by atoms with van der Waals surface area (Å²) in [4.78, 5) is 5.84. The van der Waals surface area contributed by atoms with Gasteiger partial charge in [0.05, 0.1) is 2.91 Å². The van der Waals surface area contributed by atoms with E-state index in [2.05, 4.69) is 56.7 Å². The molecule has 3 aliphatic heterocycles. The summed E-state index contributed by atoms with van der Waals surface area (Å²) < 4.78 is 1.31. The van der Waals surface area contributed by atoms with Crippen LogP contribution >= 0.6 is 34.5 Å². The monoisotopic (exact) mass is 335 g/mol. The lowest BCUT2D eigenvalue weighted by Gasteiger charge is -2.33. The molecule has 2 atom stereocenters. The van der Waals surface area contributed by atoms with Crippen molar-refractivity contribution in [3.8, 4) is 0 Å². The van der Waals surface area contributed by atoms with Crippen LogP contribution in [0.1, 0.15) is 19.3 Å². The molecule has 3 nitrogen and oxygen atoms in total. The van der Waals surface area contributed by atoms with Crippen molar-refractivity contribution in [3.05, 3.63) is 20.9 Å². The van der Waals surface area contributed by atoms with Crippen molar-refractivity contribution in [1.82, 2.24) is 14.7 Å². The van der Waals surface area contributed by atoms with Crippen molar-refractivity contribution < 1.29 is 0 Å². The largest absolute Gasteiger partial charge is 0.297 e. The van der Waals surface area contributed by atoms with Gasteiger partial charge >= 0.3 is 0 Å². The van der Waals surface area contributed by atoms with Gasteiger partial charge in [-0.3, -0.25) is 9.91 Å². The highest BCUT2D eigenvalue weighted by Gasteiger charge is 2.35. The van der Waals surface area contributed by atoms with Crippen molar-refractivity contribution in [2.75, 3.05) is 7.05 Å². The topological polar surface area (TPSA) is 18.5 Å². The van der Waals surface area contributed by atoms with Crippen LogP contribution in [0.5, 0.6) is 0 Å². The highest BCUT2D eigenvalue weighted by molar-refractivity contribution is 14.1. The van der Waals surface area contributed by atoms with Gasteiger partial charge in [0.1, 0.15) is 0 Å². The number of fused-ring (bicyclic) bond motifs is 2. The van der Waals surface area contributed by atoms with E-state index in [-0.39, 0.29) is 0 Å². The second-order valence-corrected chi connectivity index (χ2v) is 7.04. The Labute approximate surface area is 108 Å². The first kappa shape index (κ1) is 10.4. The number of rotatable bonds is 1. The fourth-order valence-corrected chi connectivity index (χ4v) is 3.67. The lowest BCUT2D eigenvalue weighted by Crippen LogP contribution is -2.39. The molecule has 0 aliphatic carbocycles. The molecule has 1 fully saturated rings. The maximum Gasteiger partial charge on any atom is 0.0806 e. The number of halogens is 1. The number of nitrogens with one attached hydrogen (secondary N) is 1. The minimum absolute atomic E-state index is 0.664. The Bertz CT molecular complexity index is 342. The van der Waals surface area contributed by atoms with E-state index in [4.69, 9.17) is 0 Å². The van der Waals surface area contributed by atoms with E-state index in [0.717, 1.165) is 6.04 Å².